The third kappa shape index (κ3) is 2.98. The number of hydrogen-bond donors (Lipinski definition) is 1. The molecule has 0 spiro atoms. The van der Waals surface area contributed by atoms with Crippen LogP contribution < -0.4 is 0 Å². The minimum atomic E-state index is -3.98. The lowest BCUT2D eigenvalue weighted by Crippen LogP contribution is -2.52. The standard InChI is InChI=1S/C14H17F2NO4S/c1-2-10-5-3-4-6-12(10)22(20,21)17-8-7-14(15,16)11(9-17)13(18)19/h3-6,11H,2,7-9H2,1H3,(H,18,19). The van der Waals surface area contributed by atoms with E-state index in [1.165, 1.54) is 6.07 Å². The van der Waals surface area contributed by atoms with Gasteiger partial charge in [-0.2, -0.15) is 4.31 Å². The van der Waals surface area contributed by atoms with Crippen LogP contribution in [-0.4, -0.2) is 42.8 Å². The number of benzene rings is 1. The van der Waals surface area contributed by atoms with E-state index in [1.54, 1.807) is 25.1 Å². The van der Waals surface area contributed by atoms with Crippen LogP contribution in [0.5, 0.6) is 0 Å². The highest BCUT2D eigenvalue weighted by atomic mass is 32.2. The molecule has 1 fully saturated rings. The molecule has 22 heavy (non-hydrogen) atoms. The summed E-state index contributed by atoms with van der Waals surface area (Å²) in [6.45, 7) is 0.679. The fourth-order valence-electron chi connectivity index (χ4n) is 2.54. The highest BCUT2D eigenvalue weighted by molar-refractivity contribution is 7.89. The van der Waals surface area contributed by atoms with E-state index in [-0.39, 0.29) is 4.90 Å². The fraction of sp³-hybridized carbons (Fsp3) is 0.500. The van der Waals surface area contributed by atoms with Crippen molar-refractivity contribution in [2.75, 3.05) is 13.1 Å². The number of nitrogens with zero attached hydrogens (tertiary/aromatic N) is 1. The van der Waals surface area contributed by atoms with Gasteiger partial charge >= 0.3 is 5.97 Å². The van der Waals surface area contributed by atoms with Gasteiger partial charge in [-0.1, -0.05) is 25.1 Å². The number of carboxylic acids is 1. The number of rotatable bonds is 4. The van der Waals surface area contributed by atoms with Crippen LogP contribution in [0.2, 0.25) is 0 Å². The van der Waals surface area contributed by atoms with E-state index in [0.29, 0.717) is 12.0 Å². The van der Waals surface area contributed by atoms with Crippen molar-refractivity contribution in [1.29, 1.82) is 0 Å². The predicted octanol–water partition coefficient (Wildman–Crippen LogP) is 1.98. The minimum absolute atomic E-state index is 0.0480. The molecule has 0 radical (unpaired) electrons. The lowest BCUT2D eigenvalue weighted by molar-refractivity contribution is -0.163. The zero-order valence-corrected chi connectivity index (χ0v) is 12.8. The first-order valence-electron chi connectivity index (χ1n) is 6.89. The molecule has 1 saturated heterocycles. The predicted molar refractivity (Wildman–Crippen MR) is 75.3 cm³/mol. The molecule has 5 nitrogen and oxygen atoms in total. The van der Waals surface area contributed by atoms with E-state index in [2.05, 4.69) is 0 Å². The minimum Gasteiger partial charge on any atom is -0.481 e. The highest BCUT2D eigenvalue weighted by Gasteiger charge is 2.50. The number of carboxylic acid groups (broad SMARTS) is 1. The first-order chi connectivity index (χ1) is 10.2. The van der Waals surface area contributed by atoms with Crippen molar-refractivity contribution in [1.82, 2.24) is 4.31 Å². The number of piperidine rings is 1. The van der Waals surface area contributed by atoms with Gasteiger partial charge in [-0.15, -0.1) is 0 Å². The fourth-order valence-corrected chi connectivity index (χ4v) is 4.29. The van der Waals surface area contributed by atoms with Crippen LogP contribution >= 0.6 is 0 Å². The summed E-state index contributed by atoms with van der Waals surface area (Å²) in [5.41, 5.74) is 0.576. The van der Waals surface area contributed by atoms with Crippen molar-refractivity contribution in [2.45, 2.75) is 30.6 Å². The van der Waals surface area contributed by atoms with Crippen LogP contribution in [0.4, 0.5) is 8.78 Å². The molecule has 0 aliphatic carbocycles. The Morgan fingerprint density at radius 3 is 2.64 bits per heavy atom. The monoisotopic (exact) mass is 333 g/mol. The van der Waals surface area contributed by atoms with Gasteiger partial charge in [-0.05, 0) is 18.1 Å². The number of halogens is 2. The Morgan fingerprint density at radius 1 is 1.41 bits per heavy atom. The van der Waals surface area contributed by atoms with Crippen molar-refractivity contribution >= 4 is 16.0 Å². The highest BCUT2D eigenvalue weighted by Crippen LogP contribution is 2.36. The largest absolute Gasteiger partial charge is 0.481 e. The average Bonchev–Trinajstić information content (AvgIpc) is 2.46. The maximum Gasteiger partial charge on any atom is 0.313 e. The van der Waals surface area contributed by atoms with Crippen LogP contribution in [0.1, 0.15) is 18.9 Å². The number of hydrogen-bond acceptors (Lipinski definition) is 3. The average molecular weight is 333 g/mol. The molecule has 1 atom stereocenters. The van der Waals surface area contributed by atoms with Crippen molar-refractivity contribution in [3.8, 4) is 0 Å². The summed E-state index contributed by atoms with van der Waals surface area (Å²) >= 11 is 0. The number of carbonyl (C=O) groups is 1. The van der Waals surface area contributed by atoms with Gasteiger partial charge in [0.05, 0.1) is 4.90 Å². The SMILES string of the molecule is CCc1ccccc1S(=O)(=O)N1CCC(F)(F)C(C(=O)O)C1. The summed E-state index contributed by atoms with van der Waals surface area (Å²) in [6.07, 6.45) is -0.320. The molecular formula is C14H17F2NO4S. The molecule has 8 heteroatoms. The van der Waals surface area contributed by atoms with E-state index < -0.39 is 47.3 Å². The van der Waals surface area contributed by atoms with Crippen LogP contribution in [0, 0.1) is 5.92 Å². The number of aryl methyl sites for hydroxylation is 1. The van der Waals surface area contributed by atoms with Gasteiger partial charge in [-0.3, -0.25) is 4.79 Å². The molecule has 1 aliphatic heterocycles. The van der Waals surface area contributed by atoms with Crippen LogP contribution in [0.15, 0.2) is 29.2 Å². The molecule has 0 saturated carbocycles. The van der Waals surface area contributed by atoms with Gasteiger partial charge in [0.15, 0.2) is 0 Å². The second kappa shape index (κ2) is 5.92. The van der Waals surface area contributed by atoms with Gasteiger partial charge in [0.2, 0.25) is 10.0 Å². The van der Waals surface area contributed by atoms with Crippen molar-refractivity contribution in [3.63, 3.8) is 0 Å². The Balaban J connectivity index is 2.37. The van der Waals surface area contributed by atoms with Crippen molar-refractivity contribution < 1.29 is 27.1 Å². The Morgan fingerprint density at radius 2 is 2.05 bits per heavy atom. The summed E-state index contributed by atoms with van der Waals surface area (Å²) in [7, 11) is -3.98. The Labute approximate surface area is 127 Å². The van der Waals surface area contributed by atoms with Gasteiger partial charge in [0, 0.05) is 19.5 Å². The van der Waals surface area contributed by atoms with Gasteiger partial charge in [0.1, 0.15) is 5.92 Å². The molecule has 1 aliphatic rings. The molecular weight excluding hydrogens is 316 g/mol. The molecule has 1 heterocycles. The van der Waals surface area contributed by atoms with E-state index >= 15 is 0 Å². The summed E-state index contributed by atoms with van der Waals surface area (Å²) in [5, 5.41) is 8.93. The summed E-state index contributed by atoms with van der Waals surface area (Å²) in [4.78, 5) is 11.0. The van der Waals surface area contributed by atoms with Crippen LogP contribution in [0.25, 0.3) is 0 Å². The molecule has 122 valence electrons. The first kappa shape index (κ1) is 16.8. The van der Waals surface area contributed by atoms with E-state index in [9.17, 15) is 22.0 Å². The second-order valence-corrected chi connectivity index (χ2v) is 7.13. The van der Waals surface area contributed by atoms with Crippen molar-refractivity contribution in [3.05, 3.63) is 29.8 Å². The molecule has 0 amide bonds. The van der Waals surface area contributed by atoms with E-state index in [0.717, 1.165) is 4.31 Å². The van der Waals surface area contributed by atoms with Crippen LogP contribution in [0.3, 0.4) is 0 Å². The smallest absolute Gasteiger partial charge is 0.313 e. The molecule has 1 aromatic carbocycles. The summed E-state index contributed by atoms with van der Waals surface area (Å²) < 4.78 is 53.4. The Kier molecular flexibility index (Phi) is 4.53. The lowest BCUT2D eigenvalue weighted by atomic mass is 9.95. The Bertz CT molecular complexity index is 675. The third-order valence-corrected chi connectivity index (χ3v) is 5.83. The zero-order valence-electron chi connectivity index (χ0n) is 12.0. The summed E-state index contributed by atoms with van der Waals surface area (Å²) in [6, 6.07) is 6.32. The third-order valence-electron chi connectivity index (χ3n) is 3.86. The molecule has 0 aromatic heterocycles. The maximum absolute atomic E-state index is 13.6. The topological polar surface area (TPSA) is 74.7 Å². The van der Waals surface area contributed by atoms with Gasteiger partial charge in [-0.25, -0.2) is 17.2 Å². The zero-order chi connectivity index (χ0) is 16.5. The normalized spacial score (nSPS) is 22.4. The van der Waals surface area contributed by atoms with Gasteiger partial charge in [0.25, 0.3) is 5.92 Å². The maximum atomic E-state index is 13.6. The summed E-state index contributed by atoms with van der Waals surface area (Å²) in [5.74, 6) is -7.11. The lowest BCUT2D eigenvalue weighted by Gasteiger charge is -2.35. The molecule has 1 aromatic rings. The molecule has 0 bridgehead atoms. The first-order valence-corrected chi connectivity index (χ1v) is 8.33. The number of sulfonamides is 1. The quantitative estimate of drug-likeness (QED) is 0.914. The van der Waals surface area contributed by atoms with E-state index in [4.69, 9.17) is 5.11 Å². The van der Waals surface area contributed by atoms with Crippen molar-refractivity contribution in [2.24, 2.45) is 5.92 Å². The number of alkyl halides is 2. The molecule has 1 N–H and O–H groups in total. The number of aliphatic carboxylic acids is 1. The molecule has 1 unspecified atom stereocenters. The Hall–Kier alpha value is -1.54. The second-order valence-electron chi connectivity index (χ2n) is 5.23. The van der Waals surface area contributed by atoms with Crippen LogP contribution in [-0.2, 0) is 21.2 Å². The van der Waals surface area contributed by atoms with E-state index in [1.807, 2.05) is 0 Å². The van der Waals surface area contributed by atoms with Gasteiger partial charge < -0.3 is 5.11 Å². The molecule has 2 rings (SSSR count).